The van der Waals surface area contributed by atoms with Crippen LogP contribution in [0, 0.1) is 0 Å². The second-order valence-corrected chi connectivity index (χ2v) is 4.84. The first-order chi connectivity index (χ1) is 9.17. The SMILES string of the molecule is CCN1CCN(Cc2ccc(NC(=O)O)cc2)CC1. The summed E-state index contributed by atoms with van der Waals surface area (Å²) in [6, 6.07) is 7.59. The molecule has 5 nitrogen and oxygen atoms in total. The van der Waals surface area contributed by atoms with Crippen molar-refractivity contribution in [3.8, 4) is 0 Å². The molecule has 0 bridgehead atoms. The lowest BCUT2D eigenvalue weighted by Gasteiger charge is -2.34. The molecule has 0 spiro atoms. The highest BCUT2D eigenvalue weighted by atomic mass is 16.4. The van der Waals surface area contributed by atoms with E-state index >= 15 is 0 Å². The highest BCUT2D eigenvalue weighted by Gasteiger charge is 2.15. The first kappa shape index (κ1) is 13.8. The monoisotopic (exact) mass is 263 g/mol. The van der Waals surface area contributed by atoms with Crippen LogP contribution in [-0.2, 0) is 6.54 Å². The van der Waals surface area contributed by atoms with Gasteiger partial charge in [0.25, 0.3) is 0 Å². The Balaban J connectivity index is 1.84. The van der Waals surface area contributed by atoms with Crippen molar-refractivity contribution in [3.63, 3.8) is 0 Å². The van der Waals surface area contributed by atoms with E-state index in [4.69, 9.17) is 5.11 Å². The summed E-state index contributed by atoms with van der Waals surface area (Å²) >= 11 is 0. The van der Waals surface area contributed by atoms with Crippen LogP contribution in [0.25, 0.3) is 0 Å². The number of nitrogens with one attached hydrogen (secondary N) is 1. The number of benzene rings is 1. The summed E-state index contributed by atoms with van der Waals surface area (Å²) in [5.74, 6) is 0. The van der Waals surface area contributed by atoms with Gasteiger partial charge in [-0.05, 0) is 24.2 Å². The molecule has 1 aliphatic rings. The summed E-state index contributed by atoms with van der Waals surface area (Å²) in [6.45, 7) is 8.73. The van der Waals surface area contributed by atoms with Crippen LogP contribution in [0.15, 0.2) is 24.3 Å². The van der Waals surface area contributed by atoms with Crippen LogP contribution in [0.5, 0.6) is 0 Å². The molecule has 0 saturated carbocycles. The van der Waals surface area contributed by atoms with E-state index in [9.17, 15) is 4.79 Å². The largest absolute Gasteiger partial charge is 0.465 e. The van der Waals surface area contributed by atoms with E-state index < -0.39 is 6.09 Å². The van der Waals surface area contributed by atoms with E-state index in [1.54, 1.807) is 0 Å². The van der Waals surface area contributed by atoms with E-state index in [0.717, 1.165) is 39.3 Å². The number of amides is 1. The smallest absolute Gasteiger partial charge is 0.409 e. The van der Waals surface area contributed by atoms with Crippen LogP contribution < -0.4 is 5.32 Å². The second-order valence-electron chi connectivity index (χ2n) is 4.84. The van der Waals surface area contributed by atoms with Crippen LogP contribution in [0.4, 0.5) is 10.5 Å². The number of anilines is 1. The van der Waals surface area contributed by atoms with Gasteiger partial charge in [0.05, 0.1) is 0 Å². The Morgan fingerprint density at radius 3 is 2.26 bits per heavy atom. The fourth-order valence-electron chi connectivity index (χ4n) is 2.34. The molecule has 104 valence electrons. The molecule has 1 aromatic rings. The fraction of sp³-hybridized carbons (Fsp3) is 0.500. The zero-order valence-electron chi connectivity index (χ0n) is 11.3. The molecule has 1 amide bonds. The average molecular weight is 263 g/mol. The molecular formula is C14H21N3O2. The molecule has 0 aromatic heterocycles. The van der Waals surface area contributed by atoms with E-state index in [2.05, 4.69) is 22.0 Å². The van der Waals surface area contributed by atoms with Gasteiger partial charge in [0.2, 0.25) is 0 Å². The fourth-order valence-corrected chi connectivity index (χ4v) is 2.34. The van der Waals surface area contributed by atoms with Gasteiger partial charge in [-0.2, -0.15) is 0 Å². The molecule has 2 N–H and O–H groups in total. The van der Waals surface area contributed by atoms with Gasteiger partial charge in [0.1, 0.15) is 0 Å². The second kappa shape index (κ2) is 6.54. The molecular weight excluding hydrogens is 242 g/mol. The maximum Gasteiger partial charge on any atom is 0.409 e. The number of hydrogen-bond acceptors (Lipinski definition) is 3. The van der Waals surface area contributed by atoms with Crippen LogP contribution in [0.3, 0.4) is 0 Å². The number of likely N-dealkylation sites (N-methyl/N-ethyl adjacent to an activating group) is 1. The molecule has 2 rings (SSSR count). The molecule has 0 aliphatic carbocycles. The van der Waals surface area contributed by atoms with Crippen LogP contribution in [0.1, 0.15) is 12.5 Å². The average Bonchev–Trinajstić information content (AvgIpc) is 2.41. The lowest BCUT2D eigenvalue weighted by molar-refractivity contribution is 0.132. The van der Waals surface area contributed by atoms with Gasteiger partial charge >= 0.3 is 6.09 Å². The molecule has 1 aromatic carbocycles. The van der Waals surface area contributed by atoms with Gasteiger partial charge in [-0.15, -0.1) is 0 Å². The Bertz CT molecular complexity index is 411. The van der Waals surface area contributed by atoms with Crippen molar-refractivity contribution >= 4 is 11.8 Å². The topological polar surface area (TPSA) is 55.8 Å². The molecule has 1 saturated heterocycles. The first-order valence-electron chi connectivity index (χ1n) is 6.71. The molecule has 1 fully saturated rings. The number of carboxylic acid groups (broad SMARTS) is 1. The summed E-state index contributed by atoms with van der Waals surface area (Å²) in [7, 11) is 0. The van der Waals surface area contributed by atoms with Crippen molar-refractivity contribution in [2.24, 2.45) is 0 Å². The molecule has 5 heteroatoms. The van der Waals surface area contributed by atoms with E-state index in [0.29, 0.717) is 5.69 Å². The predicted octanol–water partition coefficient (Wildman–Crippen LogP) is 1.91. The highest BCUT2D eigenvalue weighted by molar-refractivity contribution is 5.82. The minimum atomic E-state index is -1.02. The molecule has 0 unspecified atom stereocenters. The van der Waals surface area contributed by atoms with Gasteiger partial charge in [0.15, 0.2) is 0 Å². The van der Waals surface area contributed by atoms with Gasteiger partial charge in [-0.1, -0.05) is 19.1 Å². The van der Waals surface area contributed by atoms with Crippen LogP contribution >= 0.6 is 0 Å². The third-order valence-electron chi connectivity index (χ3n) is 3.52. The third-order valence-corrected chi connectivity index (χ3v) is 3.52. The van der Waals surface area contributed by atoms with Crippen molar-refractivity contribution in [3.05, 3.63) is 29.8 Å². The van der Waals surface area contributed by atoms with Gasteiger partial charge < -0.3 is 10.0 Å². The lowest BCUT2D eigenvalue weighted by Crippen LogP contribution is -2.45. The molecule has 0 atom stereocenters. The Morgan fingerprint density at radius 2 is 1.74 bits per heavy atom. The summed E-state index contributed by atoms with van der Waals surface area (Å²) in [5, 5.41) is 11.0. The van der Waals surface area contributed by atoms with Gasteiger partial charge in [-0.3, -0.25) is 10.2 Å². The Kier molecular flexibility index (Phi) is 4.76. The number of rotatable bonds is 4. The van der Waals surface area contributed by atoms with E-state index in [1.165, 1.54) is 5.56 Å². The van der Waals surface area contributed by atoms with Crippen molar-refractivity contribution in [1.82, 2.24) is 9.80 Å². The quantitative estimate of drug-likeness (QED) is 0.871. The first-order valence-corrected chi connectivity index (χ1v) is 6.71. The Hall–Kier alpha value is -1.59. The van der Waals surface area contributed by atoms with Crippen molar-refractivity contribution in [2.75, 3.05) is 38.0 Å². The molecule has 1 aliphatic heterocycles. The maximum absolute atomic E-state index is 10.5. The van der Waals surface area contributed by atoms with Crippen LogP contribution in [0.2, 0.25) is 0 Å². The Morgan fingerprint density at radius 1 is 1.16 bits per heavy atom. The normalized spacial score (nSPS) is 17.3. The van der Waals surface area contributed by atoms with Gasteiger partial charge in [-0.25, -0.2) is 4.79 Å². The third kappa shape index (κ3) is 4.22. The van der Waals surface area contributed by atoms with Crippen LogP contribution in [-0.4, -0.2) is 53.7 Å². The molecule has 0 radical (unpaired) electrons. The summed E-state index contributed by atoms with van der Waals surface area (Å²) in [4.78, 5) is 15.4. The number of hydrogen-bond donors (Lipinski definition) is 2. The standard InChI is InChI=1S/C14H21N3O2/c1-2-16-7-9-17(10-8-16)11-12-3-5-13(6-4-12)15-14(18)19/h3-6,15H,2,7-11H2,1H3,(H,18,19). The van der Waals surface area contributed by atoms with Crippen molar-refractivity contribution in [2.45, 2.75) is 13.5 Å². The minimum absolute atomic E-state index is 0.618. The Labute approximate surface area is 113 Å². The van der Waals surface area contributed by atoms with Gasteiger partial charge in [0, 0.05) is 38.4 Å². The number of carbonyl (C=O) groups is 1. The lowest BCUT2D eigenvalue weighted by atomic mass is 10.2. The maximum atomic E-state index is 10.5. The summed E-state index contributed by atoms with van der Waals surface area (Å²) in [6.07, 6.45) is -1.02. The summed E-state index contributed by atoms with van der Waals surface area (Å²) < 4.78 is 0. The zero-order valence-corrected chi connectivity index (χ0v) is 11.3. The number of nitrogens with zero attached hydrogens (tertiary/aromatic N) is 2. The highest BCUT2D eigenvalue weighted by Crippen LogP contribution is 2.12. The van der Waals surface area contributed by atoms with Crippen molar-refractivity contribution in [1.29, 1.82) is 0 Å². The summed E-state index contributed by atoms with van der Waals surface area (Å²) in [5.41, 5.74) is 1.84. The molecule has 19 heavy (non-hydrogen) atoms. The van der Waals surface area contributed by atoms with Crippen molar-refractivity contribution < 1.29 is 9.90 Å². The van der Waals surface area contributed by atoms with E-state index in [1.807, 2.05) is 24.3 Å². The van der Waals surface area contributed by atoms with E-state index in [-0.39, 0.29) is 0 Å². The zero-order chi connectivity index (χ0) is 13.7. The number of piperazine rings is 1. The minimum Gasteiger partial charge on any atom is -0.465 e. The molecule has 1 heterocycles. The predicted molar refractivity (Wildman–Crippen MR) is 75.5 cm³/mol.